The number of hydrogen-bond acceptors (Lipinski definition) is 7. The molecule has 10 heteroatoms. The van der Waals surface area contributed by atoms with Crippen molar-refractivity contribution in [2.75, 3.05) is 50.0 Å². The van der Waals surface area contributed by atoms with Crippen LogP contribution < -0.4 is 10.6 Å². The van der Waals surface area contributed by atoms with E-state index in [4.69, 9.17) is 10.5 Å². The monoisotopic (exact) mass is 382 g/mol. The minimum atomic E-state index is -0.323. The molecule has 144 valence electrons. The lowest BCUT2D eigenvalue weighted by Crippen LogP contribution is -2.44. The molecule has 0 unspecified atom stereocenters. The summed E-state index contributed by atoms with van der Waals surface area (Å²) < 4.78 is 7.42. The summed E-state index contributed by atoms with van der Waals surface area (Å²) >= 11 is 1.39. The Labute approximate surface area is 157 Å². The summed E-state index contributed by atoms with van der Waals surface area (Å²) in [6.45, 7) is 6.86. The van der Waals surface area contributed by atoms with Crippen LogP contribution in [0.2, 0.25) is 0 Å². The third kappa shape index (κ3) is 4.29. The van der Waals surface area contributed by atoms with E-state index in [1.807, 2.05) is 11.5 Å². The van der Waals surface area contributed by atoms with Crippen LogP contribution in [0.25, 0.3) is 0 Å². The second kappa shape index (κ2) is 8.72. The number of morpholine rings is 1. The number of rotatable bonds is 6. The Kier molecular flexibility index (Phi) is 6.36. The summed E-state index contributed by atoms with van der Waals surface area (Å²) in [7, 11) is 0. The van der Waals surface area contributed by atoms with E-state index in [1.54, 1.807) is 4.90 Å². The standard InChI is InChI=1S/C16H26N6O3S/c1-2-22-15(20-6-8-25-9-7-20)18-19-16(22)26-11-13(23)21-5-3-4-12(10-21)14(17)24/h12H,2-11H2,1H3,(H2,17,24)/t12-/m1/s1. The number of amides is 2. The lowest BCUT2D eigenvalue weighted by atomic mass is 9.97. The Morgan fingerprint density at radius 3 is 2.73 bits per heavy atom. The van der Waals surface area contributed by atoms with E-state index < -0.39 is 0 Å². The molecule has 26 heavy (non-hydrogen) atoms. The fourth-order valence-electron chi connectivity index (χ4n) is 3.32. The zero-order valence-corrected chi connectivity index (χ0v) is 15.9. The second-order valence-corrected chi connectivity index (χ2v) is 7.44. The first kappa shape index (κ1) is 19.0. The van der Waals surface area contributed by atoms with Crippen LogP contribution in [0, 0.1) is 5.92 Å². The van der Waals surface area contributed by atoms with Gasteiger partial charge in [0.25, 0.3) is 0 Å². The number of nitrogens with zero attached hydrogens (tertiary/aromatic N) is 5. The molecule has 0 spiro atoms. The van der Waals surface area contributed by atoms with Gasteiger partial charge in [0, 0.05) is 32.7 Å². The average Bonchev–Trinajstić information content (AvgIpc) is 3.09. The molecule has 2 N–H and O–H groups in total. The predicted molar refractivity (Wildman–Crippen MR) is 98.0 cm³/mol. The SMILES string of the molecule is CCn1c(SCC(=O)N2CCC[C@@H](C(N)=O)C2)nnc1N1CCOCC1. The topological polar surface area (TPSA) is 107 Å². The summed E-state index contributed by atoms with van der Waals surface area (Å²) in [5.41, 5.74) is 5.39. The van der Waals surface area contributed by atoms with E-state index in [2.05, 4.69) is 15.1 Å². The van der Waals surface area contributed by atoms with Crippen molar-refractivity contribution in [3.8, 4) is 0 Å². The van der Waals surface area contributed by atoms with Crippen molar-refractivity contribution in [3.63, 3.8) is 0 Å². The predicted octanol–water partition coefficient (Wildman–Crippen LogP) is -0.0494. The Bertz CT molecular complexity index is 646. The first-order valence-electron chi connectivity index (χ1n) is 9.06. The molecule has 2 fully saturated rings. The molecule has 0 radical (unpaired) electrons. The van der Waals surface area contributed by atoms with Crippen molar-refractivity contribution in [3.05, 3.63) is 0 Å². The van der Waals surface area contributed by atoms with E-state index in [-0.39, 0.29) is 23.5 Å². The Morgan fingerprint density at radius 2 is 2.04 bits per heavy atom. The molecule has 1 atom stereocenters. The molecular formula is C16H26N6O3S. The lowest BCUT2D eigenvalue weighted by Gasteiger charge is -2.31. The molecule has 3 rings (SSSR count). The van der Waals surface area contributed by atoms with Gasteiger partial charge in [-0.05, 0) is 19.8 Å². The van der Waals surface area contributed by atoms with E-state index in [1.165, 1.54) is 11.8 Å². The number of carbonyl (C=O) groups excluding carboxylic acids is 2. The zero-order chi connectivity index (χ0) is 18.5. The van der Waals surface area contributed by atoms with Crippen LogP contribution in [0.5, 0.6) is 0 Å². The quantitative estimate of drug-likeness (QED) is 0.688. The van der Waals surface area contributed by atoms with Gasteiger partial charge in [-0.3, -0.25) is 14.2 Å². The third-order valence-corrected chi connectivity index (χ3v) is 5.76. The molecule has 9 nitrogen and oxygen atoms in total. The van der Waals surface area contributed by atoms with Gasteiger partial charge in [-0.15, -0.1) is 10.2 Å². The van der Waals surface area contributed by atoms with Gasteiger partial charge in [-0.1, -0.05) is 11.8 Å². The molecule has 2 aliphatic heterocycles. The molecule has 1 aromatic heterocycles. The van der Waals surface area contributed by atoms with Crippen molar-refractivity contribution in [2.45, 2.75) is 31.5 Å². The molecule has 0 saturated carbocycles. The average molecular weight is 382 g/mol. The first-order valence-corrected chi connectivity index (χ1v) is 10.0. The number of likely N-dealkylation sites (tertiary alicyclic amines) is 1. The van der Waals surface area contributed by atoms with E-state index in [9.17, 15) is 9.59 Å². The molecule has 2 aliphatic rings. The van der Waals surface area contributed by atoms with Crippen molar-refractivity contribution >= 4 is 29.5 Å². The Hall–Kier alpha value is -1.81. The van der Waals surface area contributed by atoms with Crippen LogP contribution in [0.3, 0.4) is 0 Å². The zero-order valence-electron chi connectivity index (χ0n) is 15.1. The molecule has 0 bridgehead atoms. The number of primary amides is 1. The summed E-state index contributed by atoms with van der Waals surface area (Å²) in [4.78, 5) is 27.8. The van der Waals surface area contributed by atoms with Crippen molar-refractivity contribution in [1.82, 2.24) is 19.7 Å². The van der Waals surface area contributed by atoms with Crippen LogP contribution >= 0.6 is 11.8 Å². The molecule has 0 aliphatic carbocycles. The number of aromatic nitrogens is 3. The number of nitrogens with two attached hydrogens (primary N) is 1. The summed E-state index contributed by atoms with van der Waals surface area (Å²) in [6.07, 6.45) is 1.58. The summed E-state index contributed by atoms with van der Waals surface area (Å²) in [5.74, 6) is 0.574. The molecule has 2 saturated heterocycles. The molecule has 1 aromatic rings. The molecular weight excluding hydrogens is 356 g/mol. The molecule has 3 heterocycles. The largest absolute Gasteiger partial charge is 0.378 e. The highest BCUT2D eigenvalue weighted by Gasteiger charge is 2.27. The maximum absolute atomic E-state index is 12.5. The number of hydrogen-bond donors (Lipinski definition) is 1. The Balaban J connectivity index is 1.59. The first-order chi connectivity index (χ1) is 12.6. The lowest BCUT2D eigenvalue weighted by molar-refractivity contribution is -0.132. The number of ether oxygens (including phenoxy) is 1. The number of anilines is 1. The van der Waals surface area contributed by atoms with Gasteiger partial charge in [-0.25, -0.2) is 0 Å². The highest BCUT2D eigenvalue weighted by molar-refractivity contribution is 7.99. The number of thioether (sulfide) groups is 1. The molecule has 0 aromatic carbocycles. The maximum atomic E-state index is 12.5. The fraction of sp³-hybridized carbons (Fsp3) is 0.750. The van der Waals surface area contributed by atoms with E-state index in [0.29, 0.717) is 26.3 Å². The summed E-state index contributed by atoms with van der Waals surface area (Å²) in [5, 5.41) is 9.33. The van der Waals surface area contributed by atoms with Gasteiger partial charge < -0.3 is 20.3 Å². The van der Waals surface area contributed by atoms with Crippen LogP contribution in [-0.4, -0.2) is 76.6 Å². The van der Waals surface area contributed by atoms with Crippen LogP contribution in [0.4, 0.5) is 5.95 Å². The van der Waals surface area contributed by atoms with Gasteiger partial charge in [0.15, 0.2) is 5.16 Å². The minimum absolute atomic E-state index is 0.0134. The highest BCUT2D eigenvalue weighted by atomic mass is 32.2. The number of piperidine rings is 1. The summed E-state index contributed by atoms with van der Waals surface area (Å²) in [6, 6.07) is 0. The van der Waals surface area contributed by atoms with E-state index in [0.717, 1.165) is 43.6 Å². The number of carbonyl (C=O) groups is 2. The highest BCUT2D eigenvalue weighted by Crippen LogP contribution is 2.24. The maximum Gasteiger partial charge on any atom is 0.233 e. The van der Waals surface area contributed by atoms with Crippen molar-refractivity contribution < 1.29 is 14.3 Å². The molecule has 2 amide bonds. The van der Waals surface area contributed by atoms with Crippen LogP contribution in [0.1, 0.15) is 19.8 Å². The smallest absolute Gasteiger partial charge is 0.233 e. The fourth-order valence-corrected chi connectivity index (χ4v) is 4.22. The van der Waals surface area contributed by atoms with Crippen LogP contribution in [-0.2, 0) is 20.9 Å². The Morgan fingerprint density at radius 1 is 1.27 bits per heavy atom. The minimum Gasteiger partial charge on any atom is -0.378 e. The second-order valence-electron chi connectivity index (χ2n) is 6.50. The van der Waals surface area contributed by atoms with Gasteiger partial charge in [0.2, 0.25) is 17.8 Å². The van der Waals surface area contributed by atoms with Crippen LogP contribution in [0.15, 0.2) is 5.16 Å². The van der Waals surface area contributed by atoms with Crippen molar-refractivity contribution in [1.29, 1.82) is 0 Å². The van der Waals surface area contributed by atoms with Gasteiger partial charge in [0.05, 0.1) is 24.9 Å². The van der Waals surface area contributed by atoms with Crippen molar-refractivity contribution in [2.24, 2.45) is 11.7 Å². The van der Waals surface area contributed by atoms with Gasteiger partial charge >= 0.3 is 0 Å². The normalized spacial score (nSPS) is 21.0. The van der Waals surface area contributed by atoms with Gasteiger partial charge in [-0.2, -0.15) is 0 Å². The van der Waals surface area contributed by atoms with E-state index >= 15 is 0 Å². The van der Waals surface area contributed by atoms with Gasteiger partial charge in [0.1, 0.15) is 0 Å². The third-order valence-electron chi connectivity index (χ3n) is 4.81.